The molecule has 17 N–H and O–H groups in total. The highest BCUT2D eigenvalue weighted by Crippen LogP contribution is 2.68. The first-order valence-electron chi connectivity index (χ1n) is 33.2. The van der Waals surface area contributed by atoms with Gasteiger partial charge in [-0.1, -0.05) is 23.7 Å². The summed E-state index contributed by atoms with van der Waals surface area (Å²) in [5.74, 6) is 9.33. The van der Waals surface area contributed by atoms with Crippen molar-refractivity contribution in [1.29, 1.82) is 0 Å². The Morgan fingerprint density at radius 1 is 0.624 bits per heavy atom. The fraction of sp³-hybridized carbons (Fsp3) is 0.254. The Kier molecular flexibility index (Phi) is 26.4. The Bertz CT molecular complexity index is 6040. The molecule has 2 saturated heterocycles. The number of phosphoric acid groups is 6. The highest BCUT2D eigenvalue weighted by Gasteiger charge is 2.46. The largest absolute Gasteiger partial charge is 0.508 e. The number of carboxylic acids is 1. The normalized spacial score (nSPS) is 19.4. The van der Waals surface area contributed by atoms with Gasteiger partial charge in [0.25, 0.3) is 17.3 Å². The topological polar surface area (TPSA) is 719 Å². The molecular weight excluding hydrogens is 1680 g/mol. The molecule has 7 heterocycles. The molecule has 4 aromatic carbocycles. The van der Waals surface area contributed by atoms with E-state index in [1.54, 1.807) is 26.0 Å². The van der Waals surface area contributed by atoms with E-state index in [-0.39, 0.29) is 122 Å². The lowest BCUT2D eigenvalue weighted by Crippen LogP contribution is -2.26. The summed E-state index contributed by atoms with van der Waals surface area (Å²) in [7, 11) is -33.6. The second-order valence-corrected chi connectivity index (χ2v) is 33.7. The van der Waals surface area contributed by atoms with Crippen molar-refractivity contribution in [1.82, 2.24) is 44.4 Å². The number of carbonyl (C=O) groups excluding carboxylic acids is 1. The van der Waals surface area contributed by atoms with E-state index in [4.69, 9.17) is 39.2 Å². The molecule has 8 aromatic rings. The van der Waals surface area contributed by atoms with Gasteiger partial charge in [0.2, 0.25) is 0 Å². The Balaban J connectivity index is 0.000000256. The fourth-order valence-corrected chi connectivity index (χ4v) is 18.0. The summed E-state index contributed by atoms with van der Waals surface area (Å²) in [5.41, 5.74) is 7.39. The maximum absolute atomic E-state index is 13.4. The molecule has 12 rings (SSSR count). The number of rotatable bonds is 28. The van der Waals surface area contributed by atoms with E-state index in [0.29, 0.717) is 27.6 Å². The number of nitro benzene ring substituents is 2. The summed E-state index contributed by atoms with van der Waals surface area (Å²) < 4.78 is 113. The molecule has 0 spiro atoms. The molecule has 48 nitrogen and oxygen atoms in total. The van der Waals surface area contributed by atoms with Gasteiger partial charge in [0, 0.05) is 70.3 Å². The standard InChI is InChI=1S/C42H36N7O20P3.C21H26N7O14P3/c1-21(47-39-38-40(45-19-44-39)48(20-46-38)36-17-32(52)35(67-36)18-65-71(61,62)69-72(63,64)68-70(58,59)60)26-8-4-22(13-31(26)49(56)57)3-2-12-43-41(53)23-5-9-27(42(54)55)30(14-23)37-28-10-6-24(50)15-33(28)66-34-16-25(51)7-11-29(34)37;1-12(14-5-4-13(3-2-6-22)7-15(14)28(30)31)26-20-19-21(24-10-23-20)27(11-25-19)18-8-16(29)17(40-18)9-39-44(35,36)42-45(37,38)41-43(32,33)34/h4-11,13-16,19-21,32,35-36,50,52H,12,17-18H2,1H3,(H,43,53)(H,54,55)(H,61,62)(H,63,64)(H,44,45,47)(H2,58,59,60);4-5,7,10-12,16-18,29H,6,8-9,22H2,1H3,(H,35,36)(H,37,38)(H,23,24,26)(H2,32,33,34)/t21-,32?,35+,36+;12-,16?,17+,18+/m00/s1. The number of aromatic nitrogens is 8. The number of aromatic carboxylic acids is 1. The van der Waals surface area contributed by atoms with E-state index in [9.17, 15) is 102 Å². The molecule has 6 unspecified atom stereocenters. The number of benzene rings is 5. The SMILES string of the molecule is C[C@H](Nc1ncnc2c1ncn2[C@H]1CC(O)[C@@H](COP(=O)(O)OP(=O)(O)OP(=O)(O)O)O1)c1ccc(C#CCN)cc1[N+](=O)[O-].C[C@H](Nc1ncnc2c1ncn2[C@H]1CC(O)[C@@H](COP(=O)(O)OP(=O)(O)OP(=O)(O)O)O1)c1ccc(C#CCNC(=O)c2ccc(C(=O)O)c(-c3c4ccc(=O)cc-4oc4cc(O)ccc34)c2)cc1[N+](=O)[O-]. The first kappa shape index (κ1) is 87.4. The summed E-state index contributed by atoms with van der Waals surface area (Å²) >= 11 is 0. The first-order valence-corrected chi connectivity index (χ1v) is 42.2. The lowest BCUT2D eigenvalue weighted by molar-refractivity contribution is -0.385. The van der Waals surface area contributed by atoms with Crippen LogP contribution in [0.2, 0.25) is 0 Å². The number of ether oxygens (including phenoxy) is 2. The van der Waals surface area contributed by atoms with Crippen molar-refractivity contribution in [3.8, 4) is 51.9 Å². The average molecular weight is 1750 g/mol. The van der Waals surface area contributed by atoms with Gasteiger partial charge in [-0.25, -0.2) is 62.1 Å². The number of amides is 1. The first-order chi connectivity index (χ1) is 54.9. The molecular formula is C63H62N14O34P6. The van der Waals surface area contributed by atoms with Crippen LogP contribution in [0.1, 0.15) is 94.2 Å². The van der Waals surface area contributed by atoms with Gasteiger partial charge in [0.15, 0.2) is 39.4 Å². The molecule has 0 saturated carbocycles. The number of nitrogens with two attached hydrogens (primary N) is 1. The minimum absolute atomic E-state index is 0.0558. The number of nitro groups is 2. The second-order valence-electron chi connectivity index (χ2n) is 24.9. The average Bonchev–Trinajstić information content (AvgIpc) is 1.67. The van der Waals surface area contributed by atoms with Crippen molar-refractivity contribution >= 4 is 115 Å². The minimum atomic E-state index is -5.78. The zero-order valence-corrected chi connectivity index (χ0v) is 64.8. The highest BCUT2D eigenvalue weighted by atomic mass is 31.3. The number of phenols is 1. The van der Waals surface area contributed by atoms with Crippen LogP contribution in [0.4, 0.5) is 23.0 Å². The second kappa shape index (κ2) is 35.4. The molecule has 0 radical (unpaired) electrons. The molecule has 1 amide bonds. The Morgan fingerprint density at radius 2 is 1.12 bits per heavy atom. The minimum Gasteiger partial charge on any atom is -0.508 e. The summed E-state index contributed by atoms with van der Waals surface area (Å²) in [6, 6.07) is 19.5. The number of aliphatic hydroxyl groups excluding tert-OH is 2. The van der Waals surface area contributed by atoms with Gasteiger partial charge >= 0.3 is 52.9 Å². The number of phosphoric ester groups is 2. The van der Waals surface area contributed by atoms with Crippen LogP contribution in [0.25, 0.3) is 55.7 Å². The number of hydrogen-bond donors (Lipinski definition) is 16. The third-order valence-corrected chi connectivity index (χ3v) is 24.4. The van der Waals surface area contributed by atoms with E-state index in [1.807, 2.05) is 0 Å². The summed E-state index contributed by atoms with van der Waals surface area (Å²) in [6.07, 6.45) is -2.53. The molecule has 117 heavy (non-hydrogen) atoms. The van der Waals surface area contributed by atoms with E-state index in [1.165, 1.54) is 107 Å². The molecule has 54 heteroatoms. The summed E-state index contributed by atoms with van der Waals surface area (Å²) in [6.45, 7) is 1.39. The molecule has 3 aliphatic heterocycles. The van der Waals surface area contributed by atoms with Crippen molar-refractivity contribution in [3.63, 3.8) is 0 Å². The number of nitrogens with one attached hydrogen (secondary N) is 3. The number of carbonyl (C=O) groups is 2. The number of aromatic hydroxyl groups is 1. The zero-order valence-electron chi connectivity index (χ0n) is 59.4. The van der Waals surface area contributed by atoms with Crippen molar-refractivity contribution in [2.75, 3.05) is 36.9 Å². The molecule has 0 bridgehead atoms. The van der Waals surface area contributed by atoms with E-state index in [0.717, 1.165) is 6.33 Å². The van der Waals surface area contributed by atoms with Crippen LogP contribution in [-0.4, -0.2) is 171 Å². The number of nitrogens with zero attached hydrogens (tertiary/aromatic N) is 10. The Labute approximate surface area is 653 Å². The van der Waals surface area contributed by atoms with Crippen molar-refractivity contribution < 1.29 is 147 Å². The van der Waals surface area contributed by atoms with Crippen LogP contribution in [0, 0.1) is 43.9 Å². The molecule has 618 valence electrons. The predicted molar refractivity (Wildman–Crippen MR) is 398 cm³/mol. The lowest BCUT2D eigenvalue weighted by atomic mass is 9.89. The quantitative estimate of drug-likeness (QED) is 0.00856. The van der Waals surface area contributed by atoms with Crippen LogP contribution in [-0.2, 0) is 63.2 Å². The molecule has 4 aliphatic rings. The van der Waals surface area contributed by atoms with Crippen LogP contribution in [0.5, 0.6) is 5.75 Å². The number of imidazole rings is 2. The lowest BCUT2D eigenvalue weighted by Gasteiger charge is -2.19. The fourth-order valence-electron chi connectivity index (χ4n) is 12.0. The number of anilines is 2. The third-order valence-electron chi connectivity index (χ3n) is 16.8. The van der Waals surface area contributed by atoms with Gasteiger partial charge in [-0.2, -0.15) is 17.2 Å². The number of carboxylic acid groups (broad SMARTS) is 1. The van der Waals surface area contributed by atoms with Crippen LogP contribution < -0.4 is 27.1 Å². The maximum atomic E-state index is 13.4. The van der Waals surface area contributed by atoms with Crippen LogP contribution in [0.3, 0.4) is 0 Å². The van der Waals surface area contributed by atoms with Gasteiger partial charge in [-0.05, 0) is 86.1 Å². The summed E-state index contributed by atoms with van der Waals surface area (Å²) in [4.78, 5) is 159. The van der Waals surface area contributed by atoms with Gasteiger partial charge < -0.3 is 95.1 Å². The van der Waals surface area contributed by atoms with Crippen LogP contribution >= 0.6 is 46.9 Å². The van der Waals surface area contributed by atoms with Gasteiger partial charge in [0.1, 0.15) is 54.4 Å². The van der Waals surface area contributed by atoms with Crippen molar-refractivity contribution in [3.05, 3.63) is 180 Å². The Hall–Kier alpha value is -10.5. The van der Waals surface area contributed by atoms with Gasteiger partial charge in [-0.15, -0.1) is 0 Å². The smallest absolute Gasteiger partial charge is 0.490 e. The van der Waals surface area contributed by atoms with E-state index in [2.05, 4.69) is 95.8 Å². The summed E-state index contributed by atoms with van der Waals surface area (Å²) in [5, 5.41) is 74.6. The third kappa shape index (κ3) is 21.9. The molecule has 4 aromatic heterocycles. The van der Waals surface area contributed by atoms with Gasteiger partial charge in [0.05, 0.1) is 89.8 Å². The Morgan fingerprint density at radius 3 is 1.59 bits per heavy atom. The zero-order chi connectivity index (χ0) is 85.0. The predicted octanol–water partition coefficient (Wildman–Crippen LogP) is 6.17. The van der Waals surface area contributed by atoms with Crippen molar-refractivity contribution in [2.24, 2.45) is 5.73 Å². The molecule has 12 atom stereocenters. The maximum Gasteiger partial charge on any atom is 0.490 e. The van der Waals surface area contributed by atoms with Crippen molar-refractivity contribution in [2.45, 2.75) is 75.6 Å². The number of phenolic OH excluding ortho intramolecular Hbond substituents is 1. The number of fused-ring (bicyclic) bond motifs is 4. The van der Waals surface area contributed by atoms with E-state index < -0.39 is 131 Å². The molecule has 2 fully saturated rings. The monoisotopic (exact) mass is 1740 g/mol. The molecule has 1 aliphatic carbocycles. The van der Waals surface area contributed by atoms with Gasteiger partial charge in [-0.3, -0.25) is 48.0 Å². The van der Waals surface area contributed by atoms with Crippen LogP contribution in [0.15, 0.2) is 126 Å². The number of hydrogen-bond acceptors (Lipinski definition) is 34. The highest BCUT2D eigenvalue weighted by molar-refractivity contribution is 7.67. The number of aliphatic hydroxyl groups is 2. The van der Waals surface area contributed by atoms with E-state index >= 15 is 0 Å².